The van der Waals surface area contributed by atoms with Crippen molar-refractivity contribution in [2.45, 2.75) is 26.4 Å². The number of rotatable bonds is 7. The summed E-state index contributed by atoms with van der Waals surface area (Å²) in [6.45, 7) is 6.92. The van der Waals surface area contributed by atoms with E-state index in [1.165, 1.54) is 4.90 Å². The molecule has 0 aliphatic carbocycles. The Morgan fingerprint density at radius 2 is 1.76 bits per heavy atom. The van der Waals surface area contributed by atoms with Gasteiger partial charge in [0.15, 0.2) is 11.5 Å². The molecular weight excluding hydrogens is 470 g/mol. The minimum absolute atomic E-state index is 0.0427. The minimum atomic E-state index is -0.765. The van der Waals surface area contributed by atoms with E-state index in [1.807, 2.05) is 30.3 Å². The van der Waals surface area contributed by atoms with Crippen LogP contribution in [-0.2, 0) is 16.1 Å². The first-order chi connectivity index (χ1) is 18.0. The molecule has 1 atom stereocenters. The second-order valence-corrected chi connectivity index (χ2v) is 8.91. The van der Waals surface area contributed by atoms with E-state index in [4.69, 9.17) is 9.47 Å². The van der Waals surface area contributed by atoms with Gasteiger partial charge in [-0.15, -0.1) is 0 Å². The number of benzene rings is 2. The summed E-state index contributed by atoms with van der Waals surface area (Å²) in [4.78, 5) is 34.5. The fourth-order valence-electron chi connectivity index (χ4n) is 4.88. The van der Waals surface area contributed by atoms with Crippen LogP contribution in [0, 0.1) is 0 Å². The van der Waals surface area contributed by atoms with Crippen LogP contribution in [0.3, 0.4) is 0 Å². The summed E-state index contributed by atoms with van der Waals surface area (Å²) >= 11 is 0. The van der Waals surface area contributed by atoms with Gasteiger partial charge in [0, 0.05) is 43.3 Å². The average molecular weight is 500 g/mol. The van der Waals surface area contributed by atoms with Gasteiger partial charge in [-0.3, -0.25) is 14.6 Å². The predicted octanol–water partition coefficient (Wildman–Crippen LogP) is 4.32. The zero-order chi connectivity index (χ0) is 25.9. The molecular formula is C29H29N3O5. The van der Waals surface area contributed by atoms with Crippen molar-refractivity contribution < 1.29 is 24.2 Å². The van der Waals surface area contributed by atoms with Gasteiger partial charge in [0.05, 0.1) is 11.6 Å². The molecule has 0 bridgehead atoms. The summed E-state index contributed by atoms with van der Waals surface area (Å²) in [5.41, 5.74) is 2.99. The highest BCUT2D eigenvalue weighted by atomic mass is 16.6. The number of fused-ring (bicyclic) bond motifs is 1. The van der Waals surface area contributed by atoms with Gasteiger partial charge in [0.25, 0.3) is 11.7 Å². The van der Waals surface area contributed by atoms with Crippen LogP contribution in [0.15, 0.2) is 72.6 Å². The number of aromatic nitrogens is 1. The summed E-state index contributed by atoms with van der Waals surface area (Å²) in [7, 11) is 0. The number of ether oxygens (including phenoxy) is 2. The highest BCUT2D eigenvalue weighted by molar-refractivity contribution is 6.46. The van der Waals surface area contributed by atoms with Crippen molar-refractivity contribution in [1.29, 1.82) is 0 Å². The van der Waals surface area contributed by atoms with Gasteiger partial charge in [0.1, 0.15) is 19.0 Å². The minimum Gasteiger partial charge on any atom is -0.507 e. The molecule has 5 rings (SSSR count). The number of amides is 1. The van der Waals surface area contributed by atoms with Gasteiger partial charge in [-0.25, -0.2) is 0 Å². The van der Waals surface area contributed by atoms with Crippen molar-refractivity contribution in [2.75, 3.05) is 31.2 Å². The first kappa shape index (κ1) is 24.4. The molecule has 2 aromatic carbocycles. The Balaban J connectivity index is 1.61. The topological polar surface area (TPSA) is 92.2 Å². The maximum atomic E-state index is 13.4. The standard InChI is InChI=1S/C29H29N3O5/c1-3-31(4-2)22-10-7-20(8-11-22)26-25(27(33)21-9-12-23-24(16-21)37-15-14-36-23)28(34)29(35)32(26)18-19-6-5-13-30-17-19/h5-13,16-17,26,33H,3-4,14-15,18H2,1-2H3/b27-25-. The molecule has 1 fully saturated rings. The van der Waals surface area contributed by atoms with Crippen LogP contribution in [0.2, 0.25) is 0 Å². The number of aliphatic hydroxyl groups excluding tert-OH is 1. The number of nitrogens with zero attached hydrogens (tertiary/aromatic N) is 3. The molecule has 1 N–H and O–H groups in total. The number of pyridine rings is 1. The maximum Gasteiger partial charge on any atom is 0.295 e. The third kappa shape index (κ3) is 4.62. The number of hydrogen-bond donors (Lipinski definition) is 1. The van der Waals surface area contributed by atoms with E-state index in [9.17, 15) is 14.7 Å². The molecule has 3 heterocycles. The Labute approximate surface area is 215 Å². The van der Waals surface area contributed by atoms with Crippen molar-refractivity contribution in [3.8, 4) is 11.5 Å². The summed E-state index contributed by atoms with van der Waals surface area (Å²) in [5.74, 6) is -0.583. The molecule has 2 aliphatic rings. The quantitative estimate of drug-likeness (QED) is 0.294. The van der Waals surface area contributed by atoms with Crippen molar-refractivity contribution in [1.82, 2.24) is 9.88 Å². The number of ketones is 1. The molecule has 1 aromatic heterocycles. The third-order valence-electron chi connectivity index (χ3n) is 6.77. The average Bonchev–Trinajstić information content (AvgIpc) is 3.19. The number of anilines is 1. The SMILES string of the molecule is CCN(CC)c1ccc(C2/C(=C(/O)c3ccc4c(c3)OCCO4)C(=O)C(=O)N2Cc2cccnc2)cc1. The van der Waals surface area contributed by atoms with Gasteiger partial charge in [0.2, 0.25) is 0 Å². The van der Waals surface area contributed by atoms with Crippen LogP contribution in [0.1, 0.15) is 36.6 Å². The van der Waals surface area contributed by atoms with Crippen molar-refractivity contribution >= 4 is 23.1 Å². The summed E-state index contributed by atoms with van der Waals surface area (Å²) < 4.78 is 11.2. The molecule has 1 unspecified atom stereocenters. The highest BCUT2D eigenvalue weighted by Gasteiger charge is 2.46. The van der Waals surface area contributed by atoms with E-state index in [-0.39, 0.29) is 17.9 Å². The van der Waals surface area contributed by atoms with E-state index >= 15 is 0 Å². The maximum absolute atomic E-state index is 13.4. The van der Waals surface area contributed by atoms with E-state index in [2.05, 4.69) is 23.7 Å². The molecule has 2 aliphatic heterocycles. The molecule has 8 nitrogen and oxygen atoms in total. The Hall–Kier alpha value is -4.33. The molecule has 0 radical (unpaired) electrons. The number of carbonyl (C=O) groups excluding carboxylic acids is 2. The van der Waals surface area contributed by atoms with Crippen LogP contribution >= 0.6 is 0 Å². The van der Waals surface area contributed by atoms with Gasteiger partial charge >= 0.3 is 0 Å². The molecule has 0 spiro atoms. The lowest BCUT2D eigenvalue weighted by molar-refractivity contribution is -0.140. The highest BCUT2D eigenvalue weighted by Crippen LogP contribution is 2.42. The largest absolute Gasteiger partial charge is 0.507 e. The van der Waals surface area contributed by atoms with Crippen LogP contribution in [-0.4, -0.2) is 53.0 Å². The number of hydrogen-bond acceptors (Lipinski definition) is 7. The molecule has 190 valence electrons. The molecule has 37 heavy (non-hydrogen) atoms. The zero-order valence-corrected chi connectivity index (χ0v) is 20.9. The Kier molecular flexibility index (Phi) is 6.81. The van der Waals surface area contributed by atoms with E-state index in [0.717, 1.165) is 29.9 Å². The van der Waals surface area contributed by atoms with E-state index < -0.39 is 17.7 Å². The first-order valence-electron chi connectivity index (χ1n) is 12.4. The predicted molar refractivity (Wildman–Crippen MR) is 140 cm³/mol. The molecule has 1 saturated heterocycles. The second kappa shape index (κ2) is 10.3. The molecule has 1 amide bonds. The second-order valence-electron chi connectivity index (χ2n) is 8.91. The number of Topliss-reactive ketones (excluding diaryl/α,β-unsaturated/α-hetero) is 1. The third-order valence-corrected chi connectivity index (χ3v) is 6.77. The van der Waals surface area contributed by atoms with Crippen molar-refractivity contribution in [3.05, 3.63) is 89.3 Å². The molecule has 3 aromatic rings. The lowest BCUT2D eigenvalue weighted by atomic mass is 9.94. The number of likely N-dealkylation sites (tertiary alicyclic amines) is 1. The summed E-state index contributed by atoms with van der Waals surface area (Å²) in [6, 6.07) is 15.7. The van der Waals surface area contributed by atoms with Gasteiger partial charge in [-0.2, -0.15) is 0 Å². The number of carbonyl (C=O) groups is 2. The fourth-order valence-corrected chi connectivity index (χ4v) is 4.88. The first-order valence-corrected chi connectivity index (χ1v) is 12.4. The Morgan fingerprint density at radius 3 is 2.43 bits per heavy atom. The Bertz CT molecular complexity index is 1330. The number of aliphatic hydroxyl groups is 1. The van der Waals surface area contributed by atoms with Crippen LogP contribution in [0.4, 0.5) is 5.69 Å². The van der Waals surface area contributed by atoms with Crippen molar-refractivity contribution in [2.24, 2.45) is 0 Å². The fraction of sp³-hybridized carbons (Fsp3) is 0.276. The zero-order valence-electron chi connectivity index (χ0n) is 20.9. The van der Waals surface area contributed by atoms with E-state index in [0.29, 0.717) is 30.3 Å². The molecule has 8 heteroatoms. The van der Waals surface area contributed by atoms with Crippen LogP contribution in [0.5, 0.6) is 11.5 Å². The Morgan fingerprint density at radius 1 is 1.03 bits per heavy atom. The smallest absolute Gasteiger partial charge is 0.295 e. The molecule has 0 saturated carbocycles. The van der Waals surface area contributed by atoms with Crippen LogP contribution < -0.4 is 14.4 Å². The normalized spacial score (nSPS) is 18.2. The van der Waals surface area contributed by atoms with Crippen LogP contribution in [0.25, 0.3) is 5.76 Å². The monoisotopic (exact) mass is 499 g/mol. The van der Waals surface area contributed by atoms with Gasteiger partial charge in [-0.1, -0.05) is 18.2 Å². The van der Waals surface area contributed by atoms with Gasteiger partial charge in [-0.05, 0) is 61.4 Å². The van der Waals surface area contributed by atoms with E-state index in [1.54, 1.807) is 36.7 Å². The lowest BCUT2D eigenvalue weighted by Crippen LogP contribution is -2.29. The van der Waals surface area contributed by atoms with Gasteiger partial charge < -0.3 is 24.4 Å². The van der Waals surface area contributed by atoms with Crippen molar-refractivity contribution in [3.63, 3.8) is 0 Å². The summed E-state index contributed by atoms with van der Waals surface area (Å²) in [5, 5.41) is 11.4. The lowest BCUT2D eigenvalue weighted by Gasteiger charge is -2.27. The summed E-state index contributed by atoms with van der Waals surface area (Å²) in [6.07, 6.45) is 3.32.